The molecule has 6 heteroatoms. The molecule has 1 N–H and O–H groups in total. The first kappa shape index (κ1) is 18.3. The molecule has 0 aliphatic rings. The summed E-state index contributed by atoms with van der Waals surface area (Å²) in [7, 11) is 1.64. The average Bonchev–Trinajstić information content (AvgIpc) is 3.28. The van der Waals surface area contributed by atoms with E-state index in [4.69, 9.17) is 4.74 Å². The lowest BCUT2D eigenvalue weighted by atomic mass is 10.2. The maximum Gasteiger partial charge on any atom is 0.261 e. The van der Waals surface area contributed by atoms with Crippen molar-refractivity contribution < 1.29 is 9.53 Å². The molecule has 0 bridgehead atoms. The zero-order valence-corrected chi connectivity index (χ0v) is 16.8. The van der Waals surface area contributed by atoms with Crippen molar-refractivity contribution in [3.05, 3.63) is 76.3 Å². The van der Waals surface area contributed by atoms with E-state index in [1.807, 2.05) is 60.1 Å². The van der Waals surface area contributed by atoms with E-state index in [9.17, 15) is 4.79 Å². The third-order valence-electron chi connectivity index (χ3n) is 4.72. The number of nitrogens with one attached hydrogen (secondary N) is 1. The normalized spacial score (nSPS) is 11.0. The molecule has 0 spiro atoms. The van der Waals surface area contributed by atoms with Gasteiger partial charge in [0.1, 0.15) is 10.6 Å². The monoisotopic (exact) mass is 391 g/mol. The third-order valence-corrected chi connectivity index (χ3v) is 5.83. The molecule has 0 saturated heterocycles. The van der Waals surface area contributed by atoms with E-state index in [1.165, 1.54) is 11.3 Å². The lowest BCUT2D eigenvalue weighted by Gasteiger charge is -2.06. The molecule has 0 saturated carbocycles. The fourth-order valence-electron chi connectivity index (χ4n) is 3.14. The summed E-state index contributed by atoms with van der Waals surface area (Å²) in [5, 5.41) is 8.69. The Balaban J connectivity index is 1.58. The summed E-state index contributed by atoms with van der Waals surface area (Å²) in [4.78, 5) is 14.4. The van der Waals surface area contributed by atoms with Gasteiger partial charge < -0.3 is 10.1 Å². The topological polar surface area (TPSA) is 56.1 Å². The molecule has 0 unspecified atom stereocenters. The second-order valence-corrected chi connectivity index (χ2v) is 7.67. The van der Waals surface area contributed by atoms with E-state index >= 15 is 0 Å². The molecular weight excluding hydrogens is 370 g/mol. The van der Waals surface area contributed by atoms with Crippen molar-refractivity contribution in [3.8, 4) is 11.4 Å². The zero-order valence-electron chi connectivity index (χ0n) is 16.0. The Morgan fingerprint density at radius 3 is 2.61 bits per heavy atom. The van der Waals surface area contributed by atoms with Crippen LogP contribution in [0.2, 0.25) is 0 Å². The van der Waals surface area contributed by atoms with Crippen LogP contribution in [0.3, 0.4) is 0 Å². The molecule has 4 rings (SSSR count). The van der Waals surface area contributed by atoms with Crippen molar-refractivity contribution in [3.63, 3.8) is 0 Å². The van der Waals surface area contributed by atoms with Gasteiger partial charge in [-0.25, -0.2) is 4.68 Å². The maximum atomic E-state index is 12.7. The minimum atomic E-state index is -0.0762. The quantitative estimate of drug-likeness (QED) is 0.539. The molecule has 0 aliphatic carbocycles. The van der Waals surface area contributed by atoms with Crippen LogP contribution in [-0.4, -0.2) is 22.8 Å². The summed E-state index contributed by atoms with van der Waals surface area (Å²) in [5.74, 6) is 0.726. The molecule has 0 aliphatic heterocycles. The fraction of sp³-hybridized carbons (Fsp3) is 0.182. The second-order valence-electron chi connectivity index (χ2n) is 6.64. The number of ether oxygens (including phenoxy) is 1. The predicted molar refractivity (Wildman–Crippen MR) is 113 cm³/mol. The number of fused-ring (bicyclic) bond motifs is 1. The minimum Gasteiger partial charge on any atom is -0.497 e. The van der Waals surface area contributed by atoms with E-state index < -0.39 is 0 Å². The highest BCUT2D eigenvalue weighted by molar-refractivity contribution is 7.20. The Labute approximate surface area is 167 Å². The lowest BCUT2D eigenvalue weighted by molar-refractivity contribution is 0.0955. The van der Waals surface area contributed by atoms with Crippen molar-refractivity contribution in [2.24, 2.45) is 0 Å². The summed E-state index contributed by atoms with van der Waals surface area (Å²) in [6.07, 6.45) is 0. The van der Waals surface area contributed by atoms with E-state index in [0.29, 0.717) is 11.4 Å². The summed E-state index contributed by atoms with van der Waals surface area (Å²) < 4.78 is 7.10. The van der Waals surface area contributed by atoms with Gasteiger partial charge in [-0.15, -0.1) is 11.3 Å². The van der Waals surface area contributed by atoms with Crippen LogP contribution in [-0.2, 0) is 6.54 Å². The van der Waals surface area contributed by atoms with Crippen molar-refractivity contribution in [1.29, 1.82) is 0 Å². The molecule has 28 heavy (non-hydrogen) atoms. The van der Waals surface area contributed by atoms with Crippen LogP contribution in [0.5, 0.6) is 5.75 Å². The Bertz CT molecular complexity index is 1140. The molecule has 4 aromatic rings. The van der Waals surface area contributed by atoms with Crippen LogP contribution in [0.15, 0.2) is 54.6 Å². The van der Waals surface area contributed by atoms with Crippen LogP contribution < -0.4 is 10.1 Å². The third kappa shape index (κ3) is 3.39. The Morgan fingerprint density at radius 1 is 1.14 bits per heavy atom. The minimum absolute atomic E-state index is 0.0762. The van der Waals surface area contributed by atoms with Gasteiger partial charge in [-0.2, -0.15) is 5.10 Å². The molecule has 0 atom stereocenters. The predicted octanol–water partition coefficient (Wildman–Crippen LogP) is 4.64. The lowest BCUT2D eigenvalue weighted by Crippen LogP contribution is -2.21. The average molecular weight is 391 g/mol. The number of para-hydroxylation sites is 1. The molecule has 2 aromatic heterocycles. The molecule has 0 radical (unpaired) electrons. The van der Waals surface area contributed by atoms with Crippen LogP contribution in [0.25, 0.3) is 15.9 Å². The summed E-state index contributed by atoms with van der Waals surface area (Å²) in [5.41, 5.74) is 4.12. The Kier molecular flexibility index (Phi) is 4.88. The summed E-state index contributed by atoms with van der Waals surface area (Å²) >= 11 is 1.47. The van der Waals surface area contributed by atoms with Crippen molar-refractivity contribution in [2.75, 3.05) is 7.11 Å². The number of nitrogens with zero attached hydrogens (tertiary/aromatic N) is 2. The van der Waals surface area contributed by atoms with E-state index in [-0.39, 0.29) is 5.91 Å². The van der Waals surface area contributed by atoms with Crippen molar-refractivity contribution in [1.82, 2.24) is 15.1 Å². The van der Waals surface area contributed by atoms with Gasteiger partial charge in [0.2, 0.25) is 0 Å². The van der Waals surface area contributed by atoms with Crippen LogP contribution in [0.1, 0.15) is 26.5 Å². The number of aromatic nitrogens is 2. The van der Waals surface area contributed by atoms with Gasteiger partial charge in [0.25, 0.3) is 5.91 Å². The number of amides is 1. The molecule has 1 amide bonds. The SMILES string of the molecule is COc1ccc(CNC(=O)c2cc3c(C)nn(-c4ccccc4C)c3s2)cc1. The summed E-state index contributed by atoms with van der Waals surface area (Å²) in [6, 6.07) is 17.7. The van der Waals surface area contributed by atoms with Gasteiger partial charge in [-0.3, -0.25) is 4.79 Å². The number of methoxy groups -OCH3 is 1. The molecule has 2 heterocycles. The highest BCUT2D eigenvalue weighted by Crippen LogP contribution is 2.31. The Morgan fingerprint density at radius 2 is 1.89 bits per heavy atom. The van der Waals surface area contributed by atoms with Gasteiger partial charge in [-0.1, -0.05) is 30.3 Å². The Hall–Kier alpha value is -3.12. The largest absolute Gasteiger partial charge is 0.497 e. The molecule has 2 aromatic carbocycles. The van der Waals surface area contributed by atoms with E-state index in [2.05, 4.69) is 23.4 Å². The molecular formula is C22H21N3O2S. The first-order valence-electron chi connectivity index (χ1n) is 9.03. The van der Waals surface area contributed by atoms with Gasteiger partial charge >= 0.3 is 0 Å². The van der Waals surface area contributed by atoms with Crippen LogP contribution in [0, 0.1) is 13.8 Å². The second kappa shape index (κ2) is 7.48. The van der Waals surface area contributed by atoms with Gasteiger partial charge in [0, 0.05) is 11.9 Å². The number of thiophene rings is 1. The van der Waals surface area contributed by atoms with Gasteiger partial charge in [0.15, 0.2) is 0 Å². The number of benzene rings is 2. The number of hydrogen-bond acceptors (Lipinski definition) is 4. The van der Waals surface area contributed by atoms with Gasteiger partial charge in [0.05, 0.1) is 23.4 Å². The maximum absolute atomic E-state index is 12.7. The highest BCUT2D eigenvalue weighted by atomic mass is 32.1. The van der Waals surface area contributed by atoms with Crippen LogP contribution in [0.4, 0.5) is 0 Å². The number of carbonyl (C=O) groups is 1. The fourth-order valence-corrected chi connectivity index (χ4v) is 4.23. The zero-order chi connectivity index (χ0) is 19.7. The first-order valence-corrected chi connectivity index (χ1v) is 9.85. The van der Waals surface area contributed by atoms with Crippen LogP contribution >= 0.6 is 11.3 Å². The van der Waals surface area contributed by atoms with Crippen molar-refractivity contribution in [2.45, 2.75) is 20.4 Å². The highest BCUT2D eigenvalue weighted by Gasteiger charge is 2.17. The van der Waals surface area contributed by atoms with Gasteiger partial charge in [-0.05, 0) is 49.2 Å². The molecule has 0 fully saturated rings. The molecule has 142 valence electrons. The first-order chi connectivity index (χ1) is 13.6. The number of hydrogen-bond donors (Lipinski definition) is 1. The van der Waals surface area contributed by atoms with Crippen molar-refractivity contribution >= 4 is 27.5 Å². The van der Waals surface area contributed by atoms with E-state index in [0.717, 1.165) is 38.5 Å². The van der Waals surface area contributed by atoms with E-state index in [1.54, 1.807) is 7.11 Å². The summed E-state index contributed by atoms with van der Waals surface area (Å²) in [6.45, 7) is 4.51. The number of aryl methyl sites for hydroxylation is 2. The number of carbonyl (C=O) groups excluding carboxylic acids is 1. The standard InChI is InChI=1S/C22H21N3O2S/c1-14-6-4-5-7-19(14)25-22-18(15(2)24-25)12-20(28-22)21(26)23-13-16-8-10-17(27-3)11-9-16/h4-12H,13H2,1-3H3,(H,23,26). The number of rotatable bonds is 5. The molecule has 5 nitrogen and oxygen atoms in total. The smallest absolute Gasteiger partial charge is 0.261 e.